The van der Waals surface area contributed by atoms with E-state index in [9.17, 15) is 4.39 Å². The van der Waals surface area contributed by atoms with E-state index in [2.05, 4.69) is 24.0 Å². The number of rotatable bonds is 3. The van der Waals surface area contributed by atoms with Crippen molar-refractivity contribution in [2.75, 3.05) is 0 Å². The Balaban J connectivity index is 2.49. The maximum absolute atomic E-state index is 13.3. The van der Waals surface area contributed by atoms with Crippen molar-refractivity contribution in [1.29, 1.82) is 0 Å². The lowest BCUT2D eigenvalue weighted by atomic mass is 10.1. The van der Waals surface area contributed by atoms with E-state index in [0.717, 1.165) is 11.4 Å². The van der Waals surface area contributed by atoms with Gasteiger partial charge in [-0.05, 0) is 36.8 Å². The van der Waals surface area contributed by atoms with E-state index in [0.29, 0.717) is 4.77 Å². The van der Waals surface area contributed by atoms with Gasteiger partial charge in [-0.2, -0.15) is 5.10 Å². The Bertz CT molecular complexity index is 600. The minimum Gasteiger partial charge on any atom is -0.297 e. The zero-order valence-corrected chi connectivity index (χ0v) is 11.5. The molecule has 96 valence electrons. The summed E-state index contributed by atoms with van der Waals surface area (Å²) < 4.78 is 15.8. The molecule has 0 radical (unpaired) electrons. The zero-order chi connectivity index (χ0) is 13.3. The third-order valence-electron chi connectivity index (χ3n) is 2.97. The van der Waals surface area contributed by atoms with Crippen LogP contribution in [0, 0.1) is 10.6 Å². The summed E-state index contributed by atoms with van der Waals surface area (Å²) in [6.07, 6.45) is 0. The van der Waals surface area contributed by atoms with Crippen LogP contribution in [0.4, 0.5) is 4.39 Å². The first-order valence-electron chi connectivity index (χ1n) is 5.93. The lowest BCUT2D eigenvalue weighted by Gasteiger charge is -2.17. The molecule has 0 aliphatic heterocycles. The summed E-state index contributed by atoms with van der Waals surface area (Å²) in [5.74, 6) is 0.909. The monoisotopic (exact) mass is 265 g/mol. The molecule has 0 bridgehead atoms. The molecule has 18 heavy (non-hydrogen) atoms. The van der Waals surface area contributed by atoms with Crippen LogP contribution >= 0.6 is 12.2 Å². The first-order valence-corrected chi connectivity index (χ1v) is 6.33. The maximum atomic E-state index is 13.3. The highest BCUT2D eigenvalue weighted by Gasteiger charge is 2.17. The van der Waals surface area contributed by atoms with Crippen LogP contribution in [0.1, 0.15) is 44.1 Å². The number of nitrogens with zero attached hydrogens (tertiary/aromatic N) is 2. The van der Waals surface area contributed by atoms with Crippen LogP contribution < -0.4 is 0 Å². The van der Waals surface area contributed by atoms with Crippen molar-refractivity contribution in [3.05, 3.63) is 46.2 Å². The number of aromatic nitrogens is 3. The summed E-state index contributed by atoms with van der Waals surface area (Å²) in [7, 11) is 0. The molecule has 2 aromatic rings. The number of halogens is 1. The SMILES string of the molecule is CC(C)c1n[nH]c(=S)n1C(C)c1cccc(F)c1. The molecule has 1 heterocycles. The molecule has 0 aliphatic rings. The first kappa shape index (κ1) is 13.0. The average Bonchev–Trinajstić information content (AvgIpc) is 2.70. The molecule has 5 heteroatoms. The number of H-pyrrole nitrogens is 1. The van der Waals surface area contributed by atoms with Crippen LogP contribution in [-0.2, 0) is 0 Å². The molecule has 1 atom stereocenters. The Kier molecular flexibility index (Phi) is 3.61. The second-order valence-corrected chi connectivity index (χ2v) is 5.03. The van der Waals surface area contributed by atoms with Crippen molar-refractivity contribution >= 4 is 12.2 Å². The third-order valence-corrected chi connectivity index (χ3v) is 3.25. The van der Waals surface area contributed by atoms with E-state index in [1.807, 2.05) is 17.6 Å². The fraction of sp³-hybridized carbons (Fsp3) is 0.385. The Morgan fingerprint density at radius 1 is 1.33 bits per heavy atom. The summed E-state index contributed by atoms with van der Waals surface area (Å²) in [4.78, 5) is 0. The Morgan fingerprint density at radius 3 is 2.67 bits per heavy atom. The molecule has 0 spiro atoms. The summed E-state index contributed by atoms with van der Waals surface area (Å²) in [5, 5.41) is 7.04. The quantitative estimate of drug-likeness (QED) is 0.856. The van der Waals surface area contributed by atoms with Gasteiger partial charge in [0.1, 0.15) is 11.6 Å². The third kappa shape index (κ3) is 2.36. The van der Waals surface area contributed by atoms with Crippen LogP contribution in [0.2, 0.25) is 0 Å². The highest BCUT2D eigenvalue weighted by atomic mass is 32.1. The smallest absolute Gasteiger partial charge is 0.195 e. The van der Waals surface area contributed by atoms with Crippen LogP contribution in [0.25, 0.3) is 0 Å². The molecular formula is C13H16FN3S. The molecule has 0 saturated carbocycles. The molecule has 3 nitrogen and oxygen atoms in total. The van der Waals surface area contributed by atoms with Crippen LogP contribution in [0.3, 0.4) is 0 Å². The van der Waals surface area contributed by atoms with Gasteiger partial charge in [0, 0.05) is 5.92 Å². The molecule has 1 N–H and O–H groups in total. The van der Waals surface area contributed by atoms with Crippen molar-refractivity contribution in [1.82, 2.24) is 14.8 Å². The average molecular weight is 265 g/mol. The fourth-order valence-electron chi connectivity index (χ4n) is 2.01. The lowest BCUT2D eigenvalue weighted by Crippen LogP contribution is -2.12. The van der Waals surface area contributed by atoms with E-state index in [4.69, 9.17) is 12.2 Å². The van der Waals surface area contributed by atoms with Gasteiger partial charge < -0.3 is 0 Å². The van der Waals surface area contributed by atoms with Crippen molar-refractivity contribution < 1.29 is 4.39 Å². The number of hydrogen-bond acceptors (Lipinski definition) is 2. The van der Waals surface area contributed by atoms with Gasteiger partial charge in [0.05, 0.1) is 6.04 Å². The molecule has 1 aromatic heterocycles. The van der Waals surface area contributed by atoms with Gasteiger partial charge >= 0.3 is 0 Å². The van der Waals surface area contributed by atoms with Crippen LogP contribution in [0.5, 0.6) is 0 Å². The number of nitrogens with one attached hydrogen (secondary N) is 1. The van der Waals surface area contributed by atoms with Crippen molar-refractivity contribution in [3.8, 4) is 0 Å². The Labute approximate surface area is 111 Å². The van der Waals surface area contributed by atoms with E-state index in [1.54, 1.807) is 6.07 Å². The van der Waals surface area contributed by atoms with E-state index < -0.39 is 0 Å². The molecule has 0 fully saturated rings. The first-order chi connectivity index (χ1) is 8.50. The number of benzene rings is 1. The van der Waals surface area contributed by atoms with Crippen molar-refractivity contribution in [2.45, 2.75) is 32.7 Å². The predicted octanol–water partition coefficient (Wildman–Crippen LogP) is 3.81. The summed E-state index contributed by atoms with van der Waals surface area (Å²) in [6, 6.07) is 6.54. The predicted molar refractivity (Wildman–Crippen MR) is 71.7 cm³/mol. The van der Waals surface area contributed by atoms with Gasteiger partial charge in [0.15, 0.2) is 4.77 Å². The summed E-state index contributed by atoms with van der Waals surface area (Å²) >= 11 is 5.25. The van der Waals surface area contributed by atoms with Gasteiger partial charge in [-0.3, -0.25) is 9.67 Å². The van der Waals surface area contributed by atoms with E-state index >= 15 is 0 Å². The zero-order valence-electron chi connectivity index (χ0n) is 10.6. The second kappa shape index (κ2) is 5.02. The normalized spacial score (nSPS) is 12.9. The van der Waals surface area contributed by atoms with E-state index in [1.165, 1.54) is 12.1 Å². The molecule has 2 rings (SSSR count). The molecule has 1 aromatic carbocycles. The second-order valence-electron chi connectivity index (χ2n) is 4.64. The fourth-order valence-corrected chi connectivity index (χ4v) is 2.31. The summed E-state index contributed by atoms with van der Waals surface area (Å²) in [6.45, 7) is 6.10. The number of aromatic amines is 1. The van der Waals surface area contributed by atoms with Gasteiger partial charge in [-0.25, -0.2) is 4.39 Å². The van der Waals surface area contributed by atoms with Gasteiger partial charge in [-0.1, -0.05) is 26.0 Å². The molecular weight excluding hydrogens is 249 g/mol. The van der Waals surface area contributed by atoms with Gasteiger partial charge in [-0.15, -0.1) is 0 Å². The van der Waals surface area contributed by atoms with Crippen LogP contribution in [-0.4, -0.2) is 14.8 Å². The highest BCUT2D eigenvalue weighted by molar-refractivity contribution is 7.71. The van der Waals surface area contributed by atoms with Crippen molar-refractivity contribution in [3.63, 3.8) is 0 Å². The maximum Gasteiger partial charge on any atom is 0.195 e. The largest absolute Gasteiger partial charge is 0.297 e. The Morgan fingerprint density at radius 2 is 2.06 bits per heavy atom. The van der Waals surface area contributed by atoms with Crippen LogP contribution in [0.15, 0.2) is 24.3 Å². The standard InChI is InChI=1S/C13H16FN3S/c1-8(2)12-15-16-13(18)17(12)9(3)10-5-4-6-11(14)7-10/h4-9H,1-3H3,(H,16,18). The minimum absolute atomic E-state index is 0.0376. The number of hydrogen-bond donors (Lipinski definition) is 1. The lowest BCUT2D eigenvalue weighted by molar-refractivity contribution is 0.564. The van der Waals surface area contributed by atoms with Gasteiger partial charge in [0.25, 0.3) is 0 Å². The highest BCUT2D eigenvalue weighted by Crippen LogP contribution is 2.23. The minimum atomic E-state index is -0.236. The van der Waals surface area contributed by atoms with E-state index in [-0.39, 0.29) is 17.8 Å². The Hall–Kier alpha value is -1.49. The summed E-state index contributed by atoms with van der Waals surface area (Å²) in [5.41, 5.74) is 0.884. The molecule has 0 aliphatic carbocycles. The van der Waals surface area contributed by atoms with Crippen molar-refractivity contribution in [2.24, 2.45) is 0 Å². The topological polar surface area (TPSA) is 33.6 Å². The molecule has 1 unspecified atom stereocenters. The molecule has 0 amide bonds. The molecule has 0 saturated heterocycles. The van der Waals surface area contributed by atoms with Gasteiger partial charge in [0.2, 0.25) is 0 Å².